The molecule has 1 aromatic heterocycles. The van der Waals surface area contributed by atoms with Gasteiger partial charge < -0.3 is 19.9 Å². The third kappa shape index (κ3) is 4.57. The maximum Gasteiger partial charge on any atom is 0.308 e. The van der Waals surface area contributed by atoms with Crippen molar-refractivity contribution in [2.45, 2.75) is 38.8 Å². The summed E-state index contributed by atoms with van der Waals surface area (Å²) in [6.07, 6.45) is 6.62. The van der Waals surface area contributed by atoms with Gasteiger partial charge in [-0.25, -0.2) is 4.98 Å². The second kappa shape index (κ2) is 8.69. The number of nitrogens with one attached hydrogen (secondary N) is 1. The van der Waals surface area contributed by atoms with E-state index >= 15 is 0 Å². The largest absolute Gasteiger partial charge is 0.481 e. The molecule has 1 saturated heterocycles. The zero-order chi connectivity index (χ0) is 20.1. The maximum absolute atomic E-state index is 12.9. The van der Waals surface area contributed by atoms with Gasteiger partial charge in [-0.15, -0.1) is 0 Å². The molecule has 1 fully saturated rings. The van der Waals surface area contributed by atoms with Crippen LogP contribution in [0.5, 0.6) is 0 Å². The summed E-state index contributed by atoms with van der Waals surface area (Å²) in [7, 11) is 0. The van der Waals surface area contributed by atoms with Gasteiger partial charge in [-0.3, -0.25) is 14.4 Å². The normalized spacial score (nSPS) is 19.2. The molecular formula is C20H24N4O4. The third-order valence-electron chi connectivity index (χ3n) is 5.12. The lowest BCUT2D eigenvalue weighted by molar-refractivity contribution is -0.145. The van der Waals surface area contributed by atoms with Gasteiger partial charge in [-0.2, -0.15) is 0 Å². The van der Waals surface area contributed by atoms with Crippen molar-refractivity contribution in [1.82, 2.24) is 14.5 Å². The standard InChI is InChI=1S/C20H24N4O4/c1-14-17(20(27)28)6-3-9-24(14)19(26)15-4-2-5-16(12-15)22-18(25)7-10-23-11-8-21-13-23/h2,4-5,8,11-14,17H,3,6-7,9-10H2,1H3,(H,22,25)(H,27,28)/t14-,17-/m1/s1. The lowest BCUT2D eigenvalue weighted by Gasteiger charge is -2.37. The minimum atomic E-state index is -0.871. The minimum Gasteiger partial charge on any atom is -0.481 e. The van der Waals surface area contributed by atoms with E-state index in [4.69, 9.17) is 0 Å². The number of hydrogen-bond acceptors (Lipinski definition) is 4. The molecule has 8 nitrogen and oxygen atoms in total. The van der Waals surface area contributed by atoms with E-state index in [9.17, 15) is 19.5 Å². The third-order valence-corrected chi connectivity index (χ3v) is 5.12. The Balaban J connectivity index is 1.64. The van der Waals surface area contributed by atoms with E-state index in [1.165, 1.54) is 0 Å². The molecule has 2 heterocycles. The predicted octanol–water partition coefficient (Wildman–Crippen LogP) is 2.24. The Kier molecular flexibility index (Phi) is 6.08. The van der Waals surface area contributed by atoms with Crippen molar-refractivity contribution in [3.05, 3.63) is 48.5 Å². The van der Waals surface area contributed by atoms with Crippen LogP contribution in [0.25, 0.3) is 0 Å². The molecule has 0 bridgehead atoms. The number of nitrogens with zero attached hydrogens (tertiary/aromatic N) is 3. The van der Waals surface area contributed by atoms with Gasteiger partial charge in [0, 0.05) is 49.2 Å². The van der Waals surface area contributed by atoms with E-state index in [0.717, 1.165) is 0 Å². The van der Waals surface area contributed by atoms with Crippen LogP contribution < -0.4 is 5.32 Å². The Labute approximate surface area is 163 Å². The summed E-state index contributed by atoms with van der Waals surface area (Å²) in [5.41, 5.74) is 0.978. The van der Waals surface area contributed by atoms with Gasteiger partial charge in [0.1, 0.15) is 0 Å². The van der Waals surface area contributed by atoms with E-state index in [1.807, 2.05) is 4.57 Å². The molecule has 1 aliphatic heterocycles. The molecule has 148 valence electrons. The molecular weight excluding hydrogens is 360 g/mol. The number of benzene rings is 1. The number of carbonyl (C=O) groups excluding carboxylic acids is 2. The number of likely N-dealkylation sites (tertiary alicyclic amines) is 1. The molecule has 1 aromatic carbocycles. The predicted molar refractivity (Wildman–Crippen MR) is 103 cm³/mol. The van der Waals surface area contributed by atoms with Gasteiger partial charge in [0.2, 0.25) is 5.91 Å². The summed E-state index contributed by atoms with van der Waals surface area (Å²) in [6, 6.07) is 6.38. The van der Waals surface area contributed by atoms with Gasteiger partial charge in [-0.05, 0) is 38.0 Å². The van der Waals surface area contributed by atoms with Crippen LogP contribution in [-0.2, 0) is 16.1 Å². The molecule has 2 atom stereocenters. The number of imidazole rings is 1. The van der Waals surface area contributed by atoms with Crippen molar-refractivity contribution in [3.8, 4) is 0 Å². The first kappa shape index (κ1) is 19.6. The summed E-state index contributed by atoms with van der Waals surface area (Å²) in [6.45, 7) is 2.83. The lowest BCUT2D eigenvalue weighted by atomic mass is 9.90. The van der Waals surface area contributed by atoms with Crippen molar-refractivity contribution >= 4 is 23.5 Å². The molecule has 1 aliphatic rings. The highest BCUT2D eigenvalue weighted by Crippen LogP contribution is 2.26. The van der Waals surface area contributed by atoms with Crippen molar-refractivity contribution in [2.24, 2.45) is 5.92 Å². The first-order chi connectivity index (χ1) is 13.5. The number of amides is 2. The SMILES string of the molecule is C[C@@H]1[C@H](C(=O)O)CCCN1C(=O)c1cccc(NC(=O)CCn2ccnc2)c1. The summed E-state index contributed by atoms with van der Waals surface area (Å²) >= 11 is 0. The number of carboxylic acids is 1. The number of aryl methyl sites for hydroxylation is 1. The van der Waals surface area contributed by atoms with Crippen molar-refractivity contribution < 1.29 is 19.5 Å². The summed E-state index contributed by atoms with van der Waals surface area (Å²) in [5, 5.41) is 12.2. The number of anilines is 1. The van der Waals surface area contributed by atoms with Gasteiger partial charge >= 0.3 is 5.97 Å². The van der Waals surface area contributed by atoms with E-state index in [1.54, 1.807) is 54.8 Å². The highest BCUT2D eigenvalue weighted by molar-refractivity contribution is 5.97. The van der Waals surface area contributed by atoms with Crippen LogP contribution in [-0.4, -0.2) is 49.9 Å². The number of carbonyl (C=O) groups is 3. The molecule has 0 spiro atoms. The molecule has 2 aromatic rings. The van der Waals surface area contributed by atoms with E-state index in [-0.39, 0.29) is 24.3 Å². The average Bonchev–Trinajstić information content (AvgIpc) is 3.20. The molecule has 8 heteroatoms. The Bertz CT molecular complexity index is 850. The maximum atomic E-state index is 12.9. The van der Waals surface area contributed by atoms with Gasteiger partial charge in [-0.1, -0.05) is 6.07 Å². The molecule has 2 amide bonds. The van der Waals surface area contributed by atoms with Gasteiger partial charge in [0.15, 0.2) is 0 Å². The Morgan fingerprint density at radius 3 is 2.86 bits per heavy atom. The Morgan fingerprint density at radius 2 is 2.14 bits per heavy atom. The summed E-state index contributed by atoms with van der Waals surface area (Å²) in [5.74, 6) is -1.80. The first-order valence-corrected chi connectivity index (χ1v) is 9.35. The van der Waals surface area contributed by atoms with E-state index < -0.39 is 11.9 Å². The van der Waals surface area contributed by atoms with Crippen LogP contribution in [0.3, 0.4) is 0 Å². The van der Waals surface area contributed by atoms with Crippen molar-refractivity contribution in [2.75, 3.05) is 11.9 Å². The van der Waals surface area contributed by atoms with Crippen LogP contribution in [0.15, 0.2) is 43.0 Å². The van der Waals surface area contributed by atoms with Crippen LogP contribution in [0, 0.1) is 5.92 Å². The van der Waals surface area contributed by atoms with Crippen LogP contribution in [0.2, 0.25) is 0 Å². The number of hydrogen-bond donors (Lipinski definition) is 2. The second-order valence-corrected chi connectivity index (χ2v) is 7.01. The molecule has 0 saturated carbocycles. The Hall–Kier alpha value is -3.16. The lowest BCUT2D eigenvalue weighted by Crippen LogP contribution is -2.49. The zero-order valence-corrected chi connectivity index (χ0v) is 15.7. The smallest absolute Gasteiger partial charge is 0.308 e. The Morgan fingerprint density at radius 1 is 1.32 bits per heavy atom. The quantitative estimate of drug-likeness (QED) is 0.795. The highest BCUT2D eigenvalue weighted by atomic mass is 16.4. The van der Waals surface area contributed by atoms with Gasteiger partial charge in [0.05, 0.1) is 12.2 Å². The molecule has 0 aliphatic carbocycles. The molecule has 28 heavy (non-hydrogen) atoms. The number of rotatable bonds is 6. The van der Waals surface area contributed by atoms with Crippen LogP contribution in [0.1, 0.15) is 36.5 Å². The van der Waals surface area contributed by atoms with Crippen molar-refractivity contribution in [3.63, 3.8) is 0 Å². The minimum absolute atomic E-state index is 0.157. The molecule has 2 N–H and O–H groups in total. The van der Waals surface area contributed by atoms with E-state index in [2.05, 4.69) is 10.3 Å². The summed E-state index contributed by atoms with van der Waals surface area (Å²) in [4.78, 5) is 42.0. The fourth-order valence-electron chi connectivity index (χ4n) is 3.53. The first-order valence-electron chi connectivity index (χ1n) is 9.35. The fourth-order valence-corrected chi connectivity index (χ4v) is 3.53. The molecule has 3 rings (SSSR count). The summed E-state index contributed by atoms with van der Waals surface area (Å²) < 4.78 is 1.82. The zero-order valence-electron chi connectivity index (χ0n) is 15.7. The topological polar surface area (TPSA) is 105 Å². The molecule has 0 radical (unpaired) electrons. The average molecular weight is 384 g/mol. The van der Waals surface area contributed by atoms with E-state index in [0.29, 0.717) is 37.2 Å². The number of aromatic nitrogens is 2. The number of piperidine rings is 1. The number of aliphatic carboxylic acids is 1. The van der Waals surface area contributed by atoms with Crippen LogP contribution in [0.4, 0.5) is 5.69 Å². The van der Waals surface area contributed by atoms with Gasteiger partial charge in [0.25, 0.3) is 5.91 Å². The highest BCUT2D eigenvalue weighted by Gasteiger charge is 2.35. The monoisotopic (exact) mass is 384 g/mol. The number of carboxylic acid groups (broad SMARTS) is 1. The van der Waals surface area contributed by atoms with Crippen molar-refractivity contribution in [1.29, 1.82) is 0 Å². The fraction of sp³-hybridized carbons (Fsp3) is 0.400. The van der Waals surface area contributed by atoms with Crippen LogP contribution >= 0.6 is 0 Å². The second-order valence-electron chi connectivity index (χ2n) is 7.01. The molecule has 0 unspecified atom stereocenters.